The monoisotopic (exact) mass is 474 g/mol. The fourth-order valence-corrected chi connectivity index (χ4v) is 3.34. The zero-order chi connectivity index (χ0) is 24.8. The number of anilines is 2. The van der Waals surface area contributed by atoms with Crippen molar-refractivity contribution in [2.45, 2.75) is 39.8 Å². The quantitative estimate of drug-likeness (QED) is 0.435. The molecule has 0 radical (unpaired) electrons. The maximum Gasteiger partial charge on any atom is 0.330 e. The number of rotatable bonds is 10. The van der Waals surface area contributed by atoms with Gasteiger partial charge in [0.2, 0.25) is 5.82 Å². The third kappa shape index (κ3) is 5.36. The van der Waals surface area contributed by atoms with Crippen molar-refractivity contribution in [2.75, 3.05) is 30.9 Å². The first-order valence-electron chi connectivity index (χ1n) is 10.7. The van der Waals surface area contributed by atoms with E-state index in [4.69, 9.17) is 10.5 Å². The number of carbonyl (C=O) groups is 1. The molecule has 3 N–H and O–H groups in total. The van der Waals surface area contributed by atoms with Crippen molar-refractivity contribution in [3.63, 3.8) is 0 Å². The molecule has 0 saturated heterocycles. The number of carbonyl (C=O) groups excluding carboxylic acids is 1. The molecule has 2 aromatic heterocycles. The molecule has 0 saturated carbocycles. The molecular weight excluding hydrogens is 447 g/mol. The second-order valence-electron chi connectivity index (χ2n) is 7.64. The van der Waals surface area contributed by atoms with Crippen LogP contribution in [-0.4, -0.2) is 55.9 Å². The number of methoxy groups -OCH3 is 1. The molecule has 3 aromatic rings. The normalized spacial score (nSPS) is 11.1. The van der Waals surface area contributed by atoms with Crippen LogP contribution in [0.25, 0.3) is 11.4 Å². The highest BCUT2D eigenvalue weighted by atomic mass is 19.1. The fraction of sp³-hybridized carbons (Fsp3) is 0.429. The van der Waals surface area contributed by atoms with Gasteiger partial charge in [0.05, 0.1) is 6.61 Å². The lowest BCUT2D eigenvalue weighted by molar-refractivity contribution is -0.119. The van der Waals surface area contributed by atoms with Crippen LogP contribution >= 0.6 is 0 Å². The summed E-state index contributed by atoms with van der Waals surface area (Å²) in [5.41, 5.74) is 5.55. The van der Waals surface area contributed by atoms with Crippen LogP contribution in [0, 0.1) is 12.7 Å². The molecule has 1 amide bonds. The number of unbranched alkanes of at least 4 members (excludes halogenated alkanes) is 1. The lowest BCUT2D eigenvalue weighted by atomic mass is 10.1. The van der Waals surface area contributed by atoms with Crippen molar-refractivity contribution in [3.8, 4) is 11.4 Å². The van der Waals surface area contributed by atoms with E-state index in [0.717, 1.165) is 16.1 Å². The smallest absolute Gasteiger partial charge is 0.330 e. The van der Waals surface area contributed by atoms with E-state index in [1.165, 1.54) is 23.8 Å². The van der Waals surface area contributed by atoms with Crippen molar-refractivity contribution < 1.29 is 13.9 Å². The molecule has 0 fully saturated rings. The number of amides is 1. The molecule has 182 valence electrons. The van der Waals surface area contributed by atoms with Crippen LogP contribution in [-0.2, 0) is 22.6 Å². The summed E-state index contributed by atoms with van der Waals surface area (Å²) >= 11 is 0. The number of nitrogens with zero attached hydrogens (tertiary/aromatic N) is 6. The molecule has 34 heavy (non-hydrogen) atoms. The zero-order valence-corrected chi connectivity index (χ0v) is 19.2. The van der Waals surface area contributed by atoms with Gasteiger partial charge in [-0.05, 0) is 42.3 Å². The average Bonchev–Trinajstić information content (AvgIpc) is 3.25. The maximum atomic E-state index is 13.5. The Labute approximate surface area is 194 Å². The average molecular weight is 474 g/mol. The second-order valence-corrected chi connectivity index (χ2v) is 7.64. The van der Waals surface area contributed by atoms with Crippen LogP contribution in [0.3, 0.4) is 0 Å². The van der Waals surface area contributed by atoms with Crippen LogP contribution in [0.15, 0.2) is 27.8 Å². The number of ether oxygens (including phenoxy) is 1. The van der Waals surface area contributed by atoms with E-state index in [0.29, 0.717) is 24.1 Å². The first-order valence-corrected chi connectivity index (χ1v) is 10.7. The Morgan fingerprint density at radius 3 is 2.76 bits per heavy atom. The first-order chi connectivity index (χ1) is 16.3. The van der Waals surface area contributed by atoms with E-state index in [-0.39, 0.29) is 42.8 Å². The van der Waals surface area contributed by atoms with Crippen molar-refractivity contribution in [1.82, 2.24) is 29.8 Å². The Morgan fingerprint density at radius 2 is 2.09 bits per heavy atom. The number of aryl methyl sites for hydroxylation is 1. The van der Waals surface area contributed by atoms with Gasteiger partial charge in [-0.2, -0.15) is 4.80 Å². The number of nitrogen functional groups attached to an aromatic ring is 1. The zero-order valence-electron chi connectivity index (χ0n) is 19.2. The van der Waals surface area contributed by atoms with E-state index in [9.17, 15) is 18.8 Å². The molecule has 0 bridgehead atoms. The molecule has 0 spiro atoms. The molecular formula is C21H27FN8O4. The molecule has 13 heteroatoms. The van der Waals surface area contributed by atoms with E-state index >= 15 is 0 Å². The predicted molar refractivity (Wildman–Crippen MR) is 123 cm³/mol. The second kappa shape index (κ2) is 10.8. The Balaban J connectivity index is 1.92. The summed E-state index contributed by atoms with van der Waals surface area (Å²) in [6.45, 7) is 3.63. The highest BCUT2D eigenvalue weighted by Gasteiger charge is 2.25. The fourth-order valence-electron chi connectivity index (χ4n) is 3.34. The van der Waals surface area contributed by atoms with Gasteiger partial charge in [-0.15, -0.1) is 10.2 Å². The van der Waals surface area contributed by atoms with Crippen LogP contribution in [0.2, 0.25) is 0 Å². The summed E-state index contributed by atoms with van der Waals surface area (Å²) in [4.78, 5) is 42.5. The predicted octanol–water partition coefficient (Wildman–Crippen LogP) is 0.700. The SMILES string of the molecule is CCCCn1c(N)c(N(CCOC)C(=O)Cn2nnc(-c3ccc(F)c(C)c3)n2)c(=O)[nH]c1=O. The van der Waals surface area contributed by atoms with Crippen LogP contribution in [0.4, 0.5) is 15.9 Å². The van der Waals surface area contributed by atoms with Gasteiger partial charge >= 0.3 is 5.69 Å². The molecule has 0 aliphatic heterocycles. The minimum atomic E-state index is -0.784. The summed E-state index contributed by atoms with van der Waals surface area (Å²) in [5, 5.41) is 12.0. The van der Waals surface area contributed by atoms with Crippen LogP contribution < -0.4 is 21.9 Å². The van der Waals surface area contributed by atoms with Crippen LogP contribution in [0.1, 0.15) is 25.3 Å². The molecule has 0 aliphatic carbocycles. The lowest BCUT2D eigenvalue weighted by Crippen LogP contribution is -2.44. The van der Waals surface area contributed by atoms with Gasteiger partial charge in [0.15, 0.2) is 5.69 Å². The van der Waals surface area contributed by atoms with Gasteiger partial charge in [-0.25, -0.2) is 9.18 Å². The number of H-pyrrole nitrogens is 1. The molecule has 1 aromatic carbocycles. The Hall–Kier alpha value is -3.87. The molecule has 12 nitrogen and oxygen atoms in total. The number of nitrogens with two attached hydrogens (primary N) is 1. The number of aromatic nitrogens is 6. The van der Waals surface area contributed by atoms with Crippen molar-refractivity contribution in [2.24, 2.45) is 0 Å². The van der Waals surface area contributed by atoms with Crippen molar-refractivity contribution in [1.29, 1.82) is 0 Å². The molecule has 0 atom stereocenters. The number of hydrogen-bond acceptors (Lipinski definition) is 8. The first kappa shape index (κ1) is 24.8. The van der Waals surface area contributed by atoms with E-state index in [2.05, 4.69) is 20.4 Å². The summed E-state index contributed by atoms with van der Waals surface area (Å²) < 4.78 is 19.9. The van der Waals surface area contributed by atoms with Gasteiger partial charge in [0.1, 0.15) is 18.2 Å². The minimum Gasteiger partial charge on any atom is -0.383 e. The Kier molecular flexibility index (Phi) is 7.89. The number of tetrazole rings is 1. The van der Waals surface area contributed by atoms with Gasteiger partial charge in [0.25, 0.3) is 11.5 Å². The summed E-state index contributed by atoms with van der Waals surface area (Å²) in [5.74, 6) is -0.817. The highest BCUT2D eigenvalue weighted by Crippen LogP contribution is 2.19. The Morgan fingerprint density at radius 1 is 1.32 bits per heavy atom. The van der Waals surface area contributed by atoms with Gasteiger partial charge in [-0.1, -0.05) is 13.3 Å². The number of aromatic amines is 1. The van der Waals surface area contributed by atoms with E-state index < -0.39 is 17.2 Å². The van der Waals surface area contributed by atoms with Gasteiger partial charge in [0, 0.05) is 25.8 Å². The lowest BCUT2D eigenvalue weighted by Gasteiger charge is -2.24. The molecule has 0 unspecified atom stereocenters. The number of halogens is 1. The largest absolute Gasteiger partial charge is 0.383 e. The third-order valence-electron chi connectivity index (χ3n) is 5.19. The van der Waals surface area contributed by atoms with Crippen LogP contribution in [0.5, 0.6) is 0 Å². The summed E-state index contributed by atoms with van der Waals surface area (Å²) in [6, 6.07) is 4.38. The third-order valence-corrected chi connectivity index (χ3v) is 5.19. The molecule has 2 heterocycles. The Bertz CT molecular complexity index is 1280. The van der Waals surface area contributed by atoms with Crippen molar-refractivity contribution >= 4 is 17.4 Å². The molecule has 3 rings (SSSR count). The minimum absolute atomic E-state index is 0.00725. The molecule has 0 aliphatic rings. The number of nitrogens with one attached hydrogen (secondary N) is 1. The van der Waals surface area contributed by atoms with Crippen molar-refractivity contribution in [3.05, 3.63) is 50.4 Å². The van der Waals surface area contributed by atoms with Gasteiger partial charge in [-0.3, -0.25) is 19.1 Å². The topological polar surface area (TPSA) is 154 Å². The summed E-state index contributed by atoms with van der Waals surface area (Å²) in [7, 11) is 1.45. The van der Waals surface area contributed by atoms with Gasteiger partial charge < -0.3 is 15.4 Å². The number of benzene rings is 1. The van der Waals surface area contributed by atoms with E-state index in [1.807, 2.05) is 6.92 Å². The number of hydrogen-bond donors (Lipinski definition) is 2. The maximum absolute atomic E-state index is 13.5. The van der Waals surface area contributed by atoms with E-state index in [1.54, 1.807) is 13.0 Å². The standard InChI is InChI=1S/C21H27FN8O4/c1-4-5-8-29-18(23)17(20(32)24-21(29)33)28(9-10-34-3)16(31)12-30-26-19(25-27-30)14-6-7-15(22)13(2)11-14/h6-7,11H,4-5,8-10,12,23H2,1-3H3,(H,24,32,33). The summed E-state index contributed by atoms with van der Waals surface area (Å²) in [6.07, 6.45) is 1.47. The highest BCUT2D eigenvalue weighted by molar-refractivity contribution is 5.95.